The van der Waals surface area contributed by atoms with Gasteiger partial charge in [0.2, 0.25) is 0 Å². The van der Waals surface area contributed by atoms with Crippen LogP contribution in [0.4, 0.5) is 0 Å². The summed E-state index contributed by atoms with van der Waals surface area (Å²) in [5.74, 6) is 0.977. The summed E-state index contributed by atoms with van der Waals surface area (Å²) in [7, 11) is 0. The summed E-state index contributed by atoms with van der Waals surface area (Å²) in [6.45, 7) is 9.67. The first-order valence-electron chi connectivity index (χ1n) is 6.98. The zero-order valence-electron chi connectivity index (χ0n) is 12.4. The van der Waals surface area contributed by atoms with E-state index in [1.807, 2.05) is 12.1 Å². The number of hydrogen-bond donors (Lipinski definition) is 2. The van der Waals surface area contributed by atoms with Gasteiger partial charge in [-0.3, -0.25) is 0 Å². The fourth-order valence-corrected chi connectivity index (χ4v) is 2.65. The lowest BCUT2D eigenvalue weighted by atomic mass is 9.87. The second kappa shape index (κ2) is 5.14. The van der Waals surface area contributed by atoms with Crippen molar-refractivity contribution in [2.75, 3.05) is 13.2 Å². The molecular formula is C16H25NO2. The van der Waals surface area contributed by atoms with Gasteiger partial charge in [-0.15, -0.1) is 0 Å². The SMILES string of the molecule is CC(C)(CCO)CNC1c2ccccc2OC1(C)C. The molecule has 0 saturated carbocycles. The third-order valence-electron chi connectivity index (χ3n) is 3.87. The predicted octanol–water partition coefficient (Wildman–Crippen LogP) is 2.90. The zero-order chi connectivity index (χ0) is 14.1. The molecule has 0 saturated heterocycles. The second-order valence-electron chi connectivity index (χ2n) is 6.70. The molecule has 3 heteroatoms. The number of fused-ring (bicyclic) bond motifs is 1. The molecule has 0 radical (unpaired) electrons. The van der Waals surface area contributed by atoms with Crippen molar-refractivity contribution in [3.63, 3.8) is 0 Å². The van der Waals surface area contributed by atoms with Crippen LogP contribution < -0.4 is 10.1 Å². The highest BCUT2D eigenvalue weighted by Gasteiger charge is 2.41. The Balaban J connectivity index is 2.11. The highest BCUT2D eigenvalue weighted by atomic mass is 16.5. The number of ether oxygens (including phenoxy) is 1. The summed E-state index contributed by atoms with van der Waals surface area (Å²) in [5.41, 5.74) is 1.08. The highest BCUT2D eigenvalue weighted by Crippen LogP contribution is 2.43. The molecule has 3 nitrogen and oxygen atoms in total. The molecule has 0 spiro atoms. The Labute approximate surface area is 116 Å². The van der Waals surface area contributed by atoms with Crippen LogP contribution in [0.3, 0.4) is 0 Å². The Kier molecular flexibility index (Phi) is 3.88. The maximum absolute atomic E-state index is 9.10. The molecule has 1 atom stereocenters. The Morgan fingerprint density at radius 1 is 1.32 bits per heavy atom. The predicted molar refractivity (Wildman–Crippen MR) is 77.4 cm³/mol. The van der Waals surface area contributed by atoms with E-state index in [1.165, 1.54) is 5.56 Å². The summed E-state index contributed by atoms with van der Waals surface area (Å²) in [6, 6.07) is 8.41. The average Bonchev–Trinajstić information content (AvgIpc) is 2.56. The standard InChI is InChI=1S/C16H25NO2/c1-15(2,9-10-18)11-17-14-12-7-5-6-8-13(12)19-16(14,3)4/h5-8,14,17-18H,9-11H2,1-4H3. The van der Waals surface area contributed by atoms with Gasteiger partial charge in [0.15, 0.2) is 0 Å². The molecule has 1 heterocycles. The highest BCUT2D eigenvalue weighted by molar-refractivity contribution is 5.42. The molecule has 2 rings (SSSR count). The molecular weight excluding hydrogens is 238 g/mol. The molecule has 106 valence electrons. The normalized spacial score (nSPS) is 21.0. The molecule has 0 amide bonds. The molecule has 1 aliphatic heterocycles. The largest absolute Gasteiger partial charge is 0.486 e. The van der Waals surface area contributed by atoms with Crippen LogP contribution in [0.25, 0.3) is 0 Å². The van der Waals surface area contributed by atoms with Gasteiger partial charge in [0, 0.05) is 18.7 Å². The molecule has 1 aromatic carbocycles. The molecule has 2 N–H and O–H groups in total. The Hall–Kier alpha value is -1.06. The van der Waals surface area contributed by atoms with Gasteiger partial charge in [-0.25, -0.2) is 0 Å². The molecule has 0 bridgehead atoms. The van der Waals surface area contributed by atoms with E-state index >= 15 is 0 Å². The molecule has 0 aliphatic carbocycles. The van der Waals surface area contributed by atoms with Crippen LogP contribution in [-0.2, 0) is 0 Å². The van der Waals surface area contributed by atoms with Crippen molar-refractivity contribution in [1.82, 2.24) is 5.32 Å². The first kappa shape index (κ1) is 14.4. The number of para-hydroxylation sites is 1. The van der Waals surface area contributed by atoms with Crippen LogP contribution >= 0.6 is 0 Å². The minimum Gasteiger partial charge on any atom is -0.486 e. The number of aliphatic hydroxyl groups excluding tert-OH is 1. The van der Waals surface area contributed by atoms with Crippen LogP contribution in [-0.4, -0.2) is 23.9 Å². The van der Waals surface area contributed by atoms with E-state index in [-0.39, 0.29) is 23.7 Å². The molecule has 19 heavy (non-hydrogen) atoms. The Bertz CT molecular complexity index is 440. The fraction of sp³-hybridized carbons (Fsp3) is 0.625. The lowest BCUT2D eigenvalue weighted by Crippen LogP contribution is -2.42. The molecule has 1 aliphatic rings. The summed E-state index contributed by atoms with van der Waals surface area (Å²) in [4.78, 5) is 0. The minimum absolute atomic E-state index is 0.0857. The maximum atomic E-state index is 9.10. The van der Waals surface area contributed by atoms with Gasteiger partial charge in [-0.2, -0.15) is 0 Å². The monoisotopic (exact) mass is 263 g/mol. The van der Waals surface area contributed by atoms with Crippen LogP contribution in [0.15, 0.2) is 24.3 Å². The van der Waals surface area contributed by atoms with Gasteiger partial charge >= 0.3 is 0 Å². The van der Waals surface area contributed by atoms with Crippen molar-refractivity contribution in [3.8, 4) is 5.75 Å². The number of nitrogens with one attached hydrogen (secondary N) is 1. The summed E-state index contributed by atoms with van der Waals surface area (Å²) in [6.07, 6.45) is 0.801. The number of benzene rings is 1. The van der Waals surface area contributed by atoms with E-state index in [0.717, 1.165) is 18.7 Å². The first-order valence-corrected chi connectivity index (χ1v) is 6.98. The molecule has 0 fully saturated rings. The van der Waals surface area contributed by atoms with Gasteiger partial charge in [-0.05, 0) is 31.7 Å². The summed E-state index contributed by atoms with van der Waals surface area (Å²) < 4.78 is 6.02. The van der Waals surface area contributed by atoms with Crippen molar-refractivity contribution in [2.24, 2.45) is 5.41 Å². The minimum atomic E-state index is -0.237. The van der Waals surface area contributed by atoms with E-state index in [2.05, 4.69) is 45.1 Å². The van der Waals surface area contributed by atoms with Crippen molar-refractivity contribution in [1.29, 1.82) is 0 Å². The van der Waals surface area contributed by atoms with Crippen LogP contribution in [0, 0.1) is 5.41 Å². The second-order valence-corrected chi connectivity index (χ2v) is 6.70. The molecule has 1 aromatic rings. The summed E-state index contributed by atoms with van der Waals surface area (Å²) in [5, 5.41) is 12.7. The van der Waals surface area contributed by atoms with E-state index in [1.54, 1.807) is 0 Å². The first-order chi connectivity index (χ1) is 8.86. The molecule has 0 aromatic heterocycles. The smallest absolute Gasteiger partial charge is 0.125 e. The number of hydrogen-bond acceptors (Lipinski definition) is 3. The van der Waals surface area contributed by atoms with Crippen LogP contribution in [0.1, 0.15) is 45.7 Å². The van der Waals surface area contributed by atoms with Crippen molar-refractivity contribution < 1.29 is 9.84 Å². The van der Waals surface area contributed by atoms with Gasteiger partial charge in [-0.1, -0.05) is 32.0 Å². The maximum Gasteiger partial charge on any atom is 0.125 e. The average molecular weight is 263 g/mol. The number of aliphatic hydroxyl groups is 1. The zero-order valence-corrected chi connectivity index (χ0v) is 12.4. The van der Waals surface area contributed by atoms with Crippen molar-refractivity contribution >= 4 is 0 Å². The van der Waals surface area contributed by atoms with Gasteiger partial charge in [0.1, 0.15) is 11.4 Å². The lowest BCUT2D eigenvalue weighted by molar-refractivity contribution is 0.0890. The van der Waals surface area contributed by atoms with E-state index < -0.39 is 0 Å². The van der Waals surface area contributed by atoms with Gasteiger partial charge < -0.3 is 15.2 Å². The van der Waals surface area contributed by atoms with Crippen LogP contribution in [0.5, 0.6) is 5.75 Å². The van der Waals surface area contributed by atoms with Gasteiger partial charge in [0.05, 0.1) is 6.04 Å². The quantitative estimate of drug-likeness (QED) is 0.858. The van der Waals surface area contributed by atoms with Crippen LogP contribution in [0.2, 0.25) is 0 Å². The number of rotatable bonds is 5. The van der Waals surface area contributed by atoms with E-state index in [4.69, 9.17) is 9.84 Å². The Morgan fingerprint density at radius 2 is 2.00 bits per heavy atom. The van der Waals surface area contributed by atoms with Crippen molar-refractivity contribution in [2.45, 2.75) is 45.8 Å². The van der Waals surface area contributed by atoms with E-state index in [0.29, 0.717) is 0 Å². The molecule has 1 unspecified atom stereocenters. The third-order valence-corrected chi connectivity index (χ3v) is 3.87. The topological polar surface area (TPSA) is 41.5 Å². The lowest BCUT2D eigenvalue weighted by Gasteiger charge is -2.31. The van der Waals surface area contributed by atoms with Crippen molar-refractivity contribution in [3.05, 3.63) is 29.8 Å². The van der Waals surface area contributed by atoms with Gasteiger partial charge in [0.25, 0.3) is 0 Å². The third kappa shape index (κ3) is 3.10. The van der Waals surface area contributed by atoms with E-state index in [9.17, 15) is 0 Å². The summed E-state index contributed by atoms with van der Waals surface area (Å²) >= 11 is 0. The Morgan fingerprint density at radius 3 is 2.68 bits per heavy atom. The fourth-order valence-electron chi connectivity index (χ4n) is 2.65.